The molecule has 4 aromatic carbocycles. The molecule has 0 radical (unpaired) electrons. The molecule has 4 aromatic rings. The van der Waals surface area contributed by atoms with Gasteiger partial charge in [-0.25, -0.2) is 5.43 Å². The number of benzene rings is 4. The number of halogens is 2. The van der Waals surface area contributed by atoms with E-state index >= 15 is 0 Å². The SMILES string of the molecule is CCOc1cc(/C=N\NC(=O)COc2ccc(Cl)cc2)cc(I)c1OCc1cccc2ccccc12. The van der Waals surface area contributed by atoms with Crippen molar-refractivity contribution in [2.45, 2.75) is 13.5 Å². The highest BCUT2D eigenvalue weighted by atomic mass is 127. The van der Waals surface area contributed by atoms with E-state index in [2.05, 4.69) is 57.4 Å². The molecule has 0 bridgehead atoms. The molecule has 6 nitrogen and oxygen atoms in total. The summed E-state index contributed by atoms with van der Waals surface area (Å²) in [6.07, 6.45) is 1.55. The minimum absolute atomic E-state index is 0.165. The average Bonchev–Trinajstić information content (AvgIpc) is 2.88. The lowest BCUT2D eigenvalue weighted by molar-refractivity contribution is -0.123. The maximum Gasteiger partial charge on any atom is 0.277 e. The van der Waals surface area contributed by atoms with E-state index in [0.717, 1.165) is 20.1 Å². The lowest BCUT2D eigenvalue weighted by Crippen LogP contribution is -2.24. The number of amides is 1. The van der Waals surface area contributed by atoms with Crippen molar-refractivity contribution >= 4 is 57.1 Å². The molecule has 36 heavy (non-hydrogen) atoms. The summed E-state index contributed by atoms with van der Waals surface area (Å²) in [5.74, 6) is 1.45. The molecule has 0 aliphatic heterocycles. The van der Waals surface area contributed by atoms with E-state index in [-0.39, 0.29) is 12.5 Å². The molecule has 1 N–H and O–H groups in total. The Bertz CT molecular complexity index is 1370. The predicted molar refractivity (Wildman–Crippen MR) is 151 cm³/mol. The third-order valence-electron chi connectivity index (χ3n) is 5.17. The number of rotatable bonds is 10. The van der Waals surface area contributed by atoms with Crippen LogP contribution in [-0.2, 0) is 11.4 Å². The molecule has 0 heterocycles. The molecule has 0 unspecified atom stereocenters. The fraction of sp³-hybridized carbons (Fsp3) is 0.143. The lowest BCUT2D eigenvalue weighted by atomic mass is 10.1. The second-order valence-corrected chi connectivity index (χ2v) is 9.32. The highest BCUT2D eigenvalue weighted by Gasteiger charge is 2.13. The lowest BCUT2D eigenvalue weighted by Gasteiger charge is -2.15. The monoisotopic (exact) mass is 614 g/mol. The van der Waals surface area contributed by atoms with Crippen molar-refractivity contribution < 1.29 is 19.0 Å². The van der Waals surface area contributed by atoms with Gasteiger partial charge in [0, 0.05) is 5.02 Å². The van der Waals surface area contributed by atoms with Gasteiger partial charge in [0.05, 0.1) is 16.4 Å². The number of carbonyl (C=O) groups excluding carboxylic acids is 1. The molecule has 0 saturated heterocycles. The van der Waals surface area contributed by atoms with Gasteiger partial charge in [-0.05, 0) is 87.8 Å². The maximum atomic E-state index is 12.1. The molecule has 0 fully saturated rings. The summed E-state index contributed by atoms with van der Waals surface area (Å²) in [6, 6.07) is 25.0. The smallest absolute Gasteiger partial charge is 0.277 e. The van der Waals surface area contributed by atoms with Crippen LogP contribution in [0.2, 0.25) is 5.02 Å². The van der Waals surface area contributed by atoms with Gasteiger partial charge in [-0.15, -0.1) is 0 Å². The molecular formula is C28H24ClIN2O4. The number of hydrogen-bond donors (Lipinski definition) is 1. The number of fused-ring (bicyclic) bond motifs is 1. The van der Waals surface area contributed by atoms with Gasteiger partial charge in [0.15, 0.2) is 18.1 Å². The van der Waals surface area contributed by atoms with Gasteiger partial charge in [0.25, 0.3) is 5.91 Å². The first kappa shape index (κ1) is 25.8. The highest BCUT2D eigenvalue weighted by Crippen LogP contribution is 2.35. The van der Waals surface area contributed by atoms with Crippen LogP contribution in [0.25, 0.3) is 10.8 Å². The number of ether oxygens (including phenoxy) is 3. The summed E-state index contributed by atoms with van der Waals surface area (Å²) in [7, 11) is 0. The third-order valence-corrected chi connectivity index (χ3v) is 6.22. The topological polar surface area (TPSA) is 69.2 Å². The molecule has 8 heteroatoms. The van der Waals surface area contributed by atoms with Gasteiger partial charge in [-0.2, -0.15) is 5.10 Å². The van der Waals surface area contributed by atoms with Crippen molar-refractivity contribution in [3.05, 3.63) is 98.6 Å². The van der Waals surface area contributed by atoms with Gasteiger partial charge in [0.1, 0.15) is 12.4 Å². The Morgan fingerprint density at radius 2 is 1.78 bits per heavy atom. The first-order valence-corrected chi connectivity index (χ1v) is 12.7. The van der Waals surface area contributed by atoms with Crippen molar-refractivity contribution in [2.24, 2.45) is 5.10 Å². The van der Waals surface area contributed by atoms with Crippen molar-refractivity contribution in [1.29, 1.82) is 0 Å². The Kier molecular flexibility index (Phi) is 9.02. The summed E-state index contributed by atoms with van der Waals surface area (Å²) >= 11 is 8.06. The summed E-state index contributed by atoms with van der Waals surface area (Å²) in [4.78, 5) is 12.1. The largest absolute Gasteiger partial charge is 0.490 e. The molecule has 184 valence electrons. The van der Waals surface area contributed by atoms with Gasteiger partial charge < -0.3 is 14.2 Å². The Morgan fingerprint density at radius 1 is 1.00 bits per heavy atom. The van der Waals surface area contributed by atoms with Crippen LogP contribution < -0.4 is 19.6 Å². The van der Waals surface area contributed by atoms with Crippen LogP contribution in [0.1, 0.15) is 18.1 Å². The highest BCUT2D eigenvalue weighted by molar-refractivity contribution is 14.1. The number of nitrogens with zero attached hydrogens (tertiary/aromatic N) is 1. The van der Waals surface area contributed by atoms with Crippen molar-refractivity contribution in [3.63, 3.8) is 0 Å². The van der Waals surface area contributed by atoms with Crippen LogP contribution in [0.3, 0.4) is 0 Å². The number of carbonyl (C=O) groups is 1. The molecule has 1 amide bonds. The van der Waals surface area contributed by atoms with E-state index in [1.165, 1.54) is 5.39 Å². The average molecular weight is 615 g/mol. The number of nitrogens with one attached hydrogen (secondary N) is 1. The van der Waals surface area contributed by atoms with E-state index in [4.69, 9.17) is 25.8 Å². The van der Waals surface area contributed by atoms with Crippen molar-refractivity contribution in [2.75, 3.05) is 13.2 Å². The Morgan fingerprint density at radius 3 is 2.58 bits per heavy atom. The summed E-state index contributed by atoms with van der Waals surface area (Å²) in [6.45, 7) is 2.65. The number of hydrogen-bond acceptors (Lipinski definition) is 5. The normalized spacial score (nSPS) is 11.0. The molecule has 0 aromatic heterocycles. The van der Waals surface area contributed by atoms with Crippen LogP contribution >= 0.6 is 34.2 Å². The second-order valence-electron chi connectivity index (χ2n) is 7.73. The summed E-state index contributed by atoms with van der Waals surface area (Å²) in [5, 5.41) is 6.97. The number of hydrazone groups is 1. The van der Waals surface area contributed by atoms with E-state index < -0.39 is 0 Å². The molecule has 0 atom stereocenters. The Hall–Kier alpha value is -3.30. The van der Waals surface area contributed by atoms with E-state index in [1.807, 2.05) is 37.3 Å². The van der Waals surface area contributed by atoms with Crippen LogP contribution in [0, 0.1) is 3.57 Å². The zero-order chi connectivity index (χ0) is 25.3. The van der Waals surface area contributed by atoms with Crippen molar-refractivity contribution in [1.82, 2.24) is 5.43 Å². The molecular weight excluding hydrogens is 591 g/mol. The van der Waals surface area contributed by atoms with Crippen molar-refractivity contribution in [3.8, 4) is 17.2 Å². The second kappa shape index (κ2) is 12.6. The van der Waals surface area contributed by atoms with Gasteiger partial charge in [-0.3, -0.25) is 4.79 Å². The summed E-state index contributed by atoms with van der Waals surface area (Å²) < 4.78 is 18.4. The van der Waals surface area contributed by atoms with Crippen LogP contribution in [0.4, 0.5) is 0 Å². The standard InChI is InChI=1S/C28H24ClIN2O4/c1-2-34-26-15-19(16-31-32-27(33)18-35-23-12-10-22(29)11-13-23)14-25(30)28(26)36-17-21-8-5-7-20-6-3-4-9-24(20)21/h3-16H,2,17-18H2,1H3,(H,32,33)/b31-16-. The molecule has 0 spiro atoms. The zero-order valence-electron chi connectivity index (χ0n) is 19.5. The van der Waals surface area contributed by atoms with Gasteiger partial charge >= 0.3 is 0 Å². The quantitative estimate of drug-likeness (QED) is 0.124. The fourth-order valence-corrected chi connectivity index (χ4v) is 4.43. The molecule has 0 aliphatic carbocycles. The molecule has 0 saturated carbocycles. The first-order chi connectivity index (χ1) is 17.5. The van der Waals surface area contributed by atoms with E-state index in [9.17, 15) is 4.79 Å². The molecule has 4 rings (SSSR count). The minimum Gasteiger partial charge on any atom is -0.490 e. The Balaban J connectivity index is 1.40. The maximum absolute atomic E-state index is 12.1. The predicted octanol–water partition coefficient (Wildman–Crippen LogP) is 6.60. The van der Waals surface area contributed by atoms with Crippen LogP contribution in [0.15, 0.2) is 84.0 Å². The first-order valence-electron chi connectivity index (χ1n) is 11.3. The zero-order valence-corrected chi connectivity index (χ0v) is 22.5. The van der Waals surface area contributed by atoms with E-state index in [0.29, 0.717) is 35.5 Å². The van der Waals surface area contributed by atoms with Crippen LogP contribution in [-0.4, -0.2) is 25.3 Å². The molecule has 0 aliphatic rings. The van der Waals surface area contributed by atoms with Gasteiger partial charge in [-0.1, -0.05) is 54.1 Å². The minimum atomic E-state index is -0.379. The van der Waals surface area contributed by atoms with Gasteiger partial charge in [0.2, 0.25) is 0 Å². The van der Waals surface area contributed by atoms with E-state index in [1.54, 1.807) is 30.5 Å². The summed E-state index contributed by atoms with van der Waals surface area (Å²) in [5.41, 5.74) is 4.33. The fourth-order valence-electron chi connectivity index (χ4n) is 3.52. The van der Waals surface area contributed by atoms with Crippen LogP contribution in [0.5, 0.6) is 17.2 Å². The third kappa shape index (κ3) is 6.89. The Labute approximate surface area is 228 Å².